The van der Waals surface area contributed by atoms with Gasteiger partial charge in [0.1, 0.15) is 0 Å². The predicted molar refractivity (Wildman–Crippen MR) is 42.3 cm³/mol. The molecule has 0 aliphatic heterocycles. The maximum atomic E-state index is 11.8. The average molecular weight is 197 g/mol. The normalized spacial score (nSPS) is 29.5. The number of aliphatic hydroxyl groups is 1. The van der Waals surface area contributed by atoms with Crippen LogP contribution in [0.2, 0.25) is 0 Å². The van der Waals surface area contributed by atoms with Crippen LogP contribution in [0.1, 0.15) is 19.3 Å². The zero-order chi connectivity index (χ0) is 9.90. The Hall–Kier alpha value is -0.290. The van der Waals surface area contributed by atoms with Crippen LogP contribution in [0.25, 0.3) is 0 Å². The third-order valence-corrected chi connectivity index (χ3v) is 2.46. The highest BCUT2D eigenvalue weighted by atomic mass is 19.4. The molecule has 2 nitrogen and oxygen atoms in total. The highest BCUT2D eigenvalue weighted by molar-refractivity contribution is 4.83. The van der Waals surface area contributed by atoms with Gasteiger partial charge in [0, 0.05) is 12.6 Å². The summed E-state index contributed by atoms with van der Waals surface area (Å²) in [5.74, 6) is 0.00218. The molecule has 0 aromatic heterocycles. The van der Waals surface area contributed by atoms with E-state index < -0.39 is 12.7 Å². The van der Waals surface area contributed by atoms with Gasteiger partial charge in [0.2, 0.25) is 0 Å². The van der Waals surface area contributed by atoms with E-state index in [1.165, 1.54) is 0 Å². The average Bonchev–Trinajstić information content (AvgIpc) is 2.46. The van der Waals surface area contributed by atoms with E-state index in [-0.39, 0.29) is 18.6 Å². The topological polar surface area (TPSA) is 32.3 Å². The lowest BCUT2D eigenvalue weighted by molar-refractivity contribution is -0.126. The first-order valence-corrected chi connectivity index (χ1v) is 4.44. The van der Waals surface area contributed by atoms with Crippen molar-refractivity contribution in [1.29, 1.82) is 0 Å². The van der Waals surface area contributed by atoms with Crippen LogP contribution >= 0.6 is 0 Å². The minimum atomic E-state index is -4.15. The SMILES string of the molecule is OCC1CCCC1NCC(F)(F)F. The van der Waals surface area contributed by atoms with Gasteiger partial charge in [-0.05, 0) is 18.8 Å². The van der Waals surface area contributed by atoms with Crippen molar-refractivity contribution in [2.75, 3.05) is 13.2 Å². The first kappa shape index (κ1) is 10.8. The van der Waals surface area contributed by atoms with Crippen molar-refractivity contribution in [2.24, 2.45) is 5.92 Å². The molecule has 1 rings (SSSR count). The second-order valence-corrected chi connectivity index (χ2v) is 3.48. The predicted octanol–water partition coefficient (Wildman–Crippen LogP) is 1.30. The summed E-state index contributed by atoms with van der Waals surface area (Å²) in [6.45, 7) is -0.969. The van der Waals surface area contributed by atoms with Gasteiger partial charge in [-0.2, -0.15) is 13.2 Å². The molecule has 5 heteroatoms. The number of hydrogen-bond acceptors (Lipinski definition) is 2. The summed E-state index contributed by atoms with van der Waals surface area (Å²) in [6.07, 6.45) is -1.68. The van der Waals surface area contributed by atoms with E-state index in [0.717, 1.165) is 19.3 Å². The maximum Gasteiger partial charge on any atom is 0.401 e. The van der Waals surface area contributed by atoms with E-state index in [2.05, 4.69) is 5.32 Å². The molecule has 1 aliphatic carbocycles. The Kier molecular flexibility index (Phi) is 3.55. The van der Waals surface area contributed by atoms with Crippen molar-refractivity contribution in [1.82, 2.24) is 5.32 Å². The van der Waals surface area contributed by atoms with Crippen LogP contribution in [0.15, 0.2) is 0 Å². The summed E-state index contributed by atoms with van der Waals surface area (Å²) in [6, 6.07) is -0.161. The third-order valence-electron chi connectivity index (χ3n) is 2.46. The molecule has 0 heterocycles. The van der Waals surface area contributed by atoms with Crippen molar-refractivity contribution >= 4 is 0 Å². The van der Waals surface area contributed by atoms with Crippen LogP contribution in [0.3, 0.4) is 0 Å². The van der Waals surface area contributed by atoms with Crippen LogP contribution in [0.5, 0.6) is 0 Å². The van der Waals surface area contributed by atoms with Crippen molar-refractivity contribution in [3.05, 3.63) is 0 Å². The lowest BCUT2D eigenvalue weighted by Crippen LogP contribution is -2.40. The molecule has 0 radical (unpaired) electrons. The summed E-state index contributed by atoms with van der Waals surface area (Å²) in [7, 11) is 0. The van der Waals surface area contributed by atoms with Gasteiger partial charge in [-0.15, -0.1) is 0 Å². The zero-order valence-corrected chi connectivity index (χ0v) is 7.27. The number of halogens is 3. The maximum absolute atomic E-state index is 11.8. The van der Waals surface area contributed by atoms with Crippen molar-refractivity contribution in [2.45, 2.75) is 31.5 Å². The van der Waals surface area contributed by atoms with Crippen LogP contribution < -0.4 is 5.32 Å². The molecule has 2 N–H and O–H groups in total. The Morgan fingerprint density at radius 1 is 1.31 bits per heavy atom. The van der Waals surface area contributed by atoms with Crippen LogP contribution in [0.4, 0.5) is 13.2 Å². The summed E-state index contributed by atoms with van der Waals surface area (Å²) >= 11 is 0. The van der Waals surface area contributed by atoms with Crippen LogP contribution in [-0.4, -0.2) is 30.5 Å². The van der Waals surface area contributed by atoms with Crippen molar-refractivity contribution in [3.8, 4) is 0 Å². The van der Waals surface area contributed by atoms with Crippen molar-refractivity contribution in [3.63, 3.8) is 0 Å². The van der Waals surface area contributed by atoms with E-state index >= 15 is 0 Å². The van der Waals surface area contributed by atoms with E-state index in [4.69, 9.17) is 5.11 Å². The van der Waals surface area contributed by atoms with Gasteiger partial charge >= 0.3 is 6.18 Å². The largest absolute Gasteiger partial charge is 0.401 e. The molecule has 1 saturated carbocycles. The molecule has 0 spiro atoms. The molecule has 2 unspecified atom stereocenters. The first-order valence-electron chi connectivity index (χ1n) is 4.44. The number of hydrogen-bond donors (Lipinski definition) is 2. The third kappa shape index (κ3) is 3.52. The Labute approximate surface area is 75.1 Å². The van der Waals surface area contributed by atoms with Gasteiger partial charge in [-0.25, -0.2) is 0 Å². The Morgan fingerprint density at radius 2 is 2.00 bits per heavy atom. The first-order chi connectivity index (χ1) is 6.03. The standard InChI is InChI=1S/C8H14F3NO/c9-8(10,11)5-12-7-3-1-2-6(7)4-13/h6-7,12-13H,1-5H2. The van der Waals surface area contributed by atoms with Gasteiger partial charge in [-0.3, -0.25) is 0 Å². The fraction of sp³-hybridized carbons (Fsp3) is 1.00. The minimum Gasteiger partial charge on any atom is -0.396 e. The fourth-order valence-corrected chi connectivity index (χ4v) is 1.77. The molecule has 0 saturated heterocycles. The second-order valence-electron chi connectivity index (χ2n) is 3.48. The summed E-state index contributed by atoms with van der Waals surface area (Å²) in [5, 5.41) is 11.3. The Bertz CT molecular complexity index is 160. The molecule has 0 aromatic rings. The van der Waals surface area contributed by atoms with E-state index in [1.54, 1.807) is 0 Å². The van der Waals surface area contributed by atoms with E-state index in [1.807, 2.05) is 0 Å². The van der Waals surface area contributed by atoms with E-state index in [9.17, 15) is 13.2 Å². The second kappa shape index (κ2) is 4.28. The fourth-order valence-electron chi connectivity index (χ4n) is 1.77. The highest BCUT2D eigenvalue weighted by Gasteiger charge is 2.32. The number of nitrogens with one attached hydrogen (secondary N) is 1. The molecule has 1 aliphatic rings. The smallest absolute Gasteiger partial charge is 0.396 e. The zero-order valence-electron chi connectivity index (χ0n) is 7.27. The lowest BCUT2D eigenvalue weighted by Gasteiger charge is -2.19. The number of alkyl halides is 3. The molecule has 0 aromatic carbocycles. The minimum absolute atomic E-state index is 0.00218. The number of aliphatic hydroxyl groups excluding tert-OH is 1. The molecular weight excluding hydrogens is 183 g/mol. The molecule has 2 atom stereocenters. The van der Waals surface area contributed by atoms with Gasteiger partial charge in [0.15, 0.2) is 0 Å². The highest BCUT2D eigenvalue weighted by Crippen LogP contribution is 2.25. The Balaban J connectivity index is 2.28. The molecular formula is C8H14F3NO. The van der Waals surface area contributed by atoms with Gasteiger partial charge in [0.05, 0.1) is 6.54 Å². The monoisotopic (exact) mass is 197 g/mol. The van der Waals surface area contributed by atoms with Gasteiger partial charge in [0.25, 0.3) is 0 Å². The van der Waals surface area contributed by atoms with Gasteiger partial charge in [-0.1, -0.05) is 6.42 Å². The molecule has 0 amide bonds. The summed E-state index contributed by atoms with van der Waals surface area (Å²) < 4.78 is 35.4. The summed E-state index contributed by atoms with van der Waals surface area (Å²) in [5.41, 5.74) is 0. The van der Waals surface area contributed by atoms with Crippen molar-refractivity contribution < 1.29 is 18.3 Å². The molecule has 78 valence electrons. The molecule has 0 bridgehead atoms. The molecule has 13 heavy (non-hydrogen) atoms. The van der Waals surface area contributed by atoms with E-state index in [0.29, 0.717) is 0 Å². The molecule has 1 fully saturated rings. The van der Waals surface area contributed by atoms with Crippen LogP contribution in [0, 0.1) is 5.92 Å². The Morgan fingerprint density at radius 3 is 2.54 bits per heavy atom. The summed E-state index contributed by atoms with van der Waals surface area (Å²) in [4.78, 5) is 0. The lowest BCUT2D eigenvalue weighted by atomic mass is 10.1. The van der Waals surface area contributed by atoms with Gasteiger partial charge < -0.3 is 10.4 Å². The van der Waals surface area contributed by atoms with Crippen LogP contribution in [-0.2, 0) is 0 Å². The number of rotatable bonds is 3. The quantitative estimate of drug-likeness (QED) is 0.714.